The quantitative estimate of drug-likeness (QED) is 0.794. The van der Waals surface area contributed by atoms with Crippen LogP contribution in [0.3, 0.4) is 0 Å². The lowest BCUT2D eigenvalue weighted by Crippen LogP contribution is -2.22. The molecular weight excluding hydrogens is 296 g/mol. The van der Waals surface area contributed by atoms with E-state index in [1.807, 2.05) is 0 Å². The molecule has 0 spiro atoms. The number of hydrogen-bond acceptors (Lipinski definition) is 5. The van der Waals surface area contributed by atoms with Crippen LogP contribution in [-0.2, 0) is 10.0 Å². The van der Waals surface area contributed by atoms with Crippen molar-refractivity contribution >= 4 is 32.9 Å². The summed E-state index contributed by atoms with van der Waals surface area (Å²) in [5, 5.41) is 0.577. The highest BCUT2D eigenvalue weighted by Gasteiger charge is 2.18. The predicted molar refractivity (Wildman–Crippen MR) is 80.4 cm³/mol. The largest absolute Gasteiger partial charge is 0.431 e. The first-order valence-electron chi connectivity index (χ1n) is 6.26. The van der Waals surface area contributed by atoms with Crippen LogP contribution >= 0.6 is 11.8 Å². The average molecular weight is 314 g/mol. The van der Waals surface area contributed by atoms with Gasteiger partial charge >= 0.3 is 0 Å². The van der Waals surface area contributed by atoms with Crippen LogP contribution in [0.1, 0.15) is 13.8 Å². The summed E-state index contributed by atoms with van der Waals surface area (Å²) < 4.78 is 30.9. The standard InChI is InChI=1S/C13H18N2O3S2/c1-9(2)8-19-13-14-11-7-10(5-6-12(11)18-13)20(16,17)15(3)4/h5-7,9H,8H2,1-4H3. The maximum atomic E-state index is 12.1. The fourth-order valence-corrected chi connectivity index (χ4v) is 3.27. The molecule has 0 radical (unpaired) electrons. The third-order valence-corrected chi connectivity index (χ3v) is 5.72. The topological polar surface area (TPSA) is 63.4 Å². The number of rotatable bonds is 5. The molecule has 20 heavy (non-hydrogen) atoms. The minimum atomic E-state index is -3.44. The first-order valence-corrected chi connectivity index (χ1v) is 8.69. The molecule has 0 saturated heterocycles. The molecule has 1 heterocycles. The summed E-state index contributed by atoms with van der Waals surface area (Å²) in [4.78, 5) is 4.56. The molecule has 0 amide bonds. The van der Waals surface area contributed by atoms with Crippen molar-refractivity contribution in [1.82, 2.24) is 9.29 Å². The van der Waals surface area contributed by atoms with E-state index in [4.69, 9.17) is 4.42 Å². The Hall–Kier alpha value is -1.05. The van der Waals surface area contributed by atoms with E-state index in [1.165, 1.54) is 30.2 Å². The summed E-state index contributed by atoms with van der Waals surface area (Å²) in [6.45, 7) is 4.24. The number of sulfonamides is 1. The van der Waals surface area contributed by atoms with Crippen molar-refractivity contribution in [3.8, 4) is 0 Å². The van der Waals surface area contributed by atoms with Crippen LogP contribution in [0.15, 0.2) is 32.7 Å². The highest BCUT2D eigenvalue weighted by atomic mass is 32.2. The molecule has 2 rings (SSSR count). The molecule has 7 heteroatoms. The Balaban J connectivity index is 2.35. The zero-order valence-electron chi connectivity index (χ0n) is 12.0. The summed E-state index contributed by atoms with van der Waals surface area (Å²) in [7, 11) is -0.428. The van der Waals surface area contributed by atoms with E-state index in [0.29, 0.717) is 22.2 Å². The summed E-state index contributed by atoms with van der Waals surface area (Å²) in [6.07, 6.45) is 0. The fourth-order valence-electron chi connectivity index (χ4n) is 1.56. The van der Waals surface area contributed by atoms with E-state index in [-0.39, 0.29) is 4.90 Å². The predicted octanol–water partition coefficient (Wildman–Crippen LogP) is 2.83. The molecule has 110 valence electrons. The Morgan fingerprint density at radius 3 is 2.65 bits per heavy atom. The molecule has 1 aromatic carbocycles. The molecule has 0 aliphatic rings. The van der Waals surface area contributed by atoms with Crippen molar-refractivity contribution in [3.05, 3.63) is 18.2 Å². The lowest BCUT2D eigenvalue weighted by molar-refractivity contribution is 0.488. The number of hydrogen-bond donors (Lipinski definition) is 0. The molecule has 0 fully saturated rings. The SMILES string of the molecule is CC(C)CSc1nc2cc(S(=O)(=O)N(C)C)ccc2o1. The van der Waals surface area contributed by atoms with Crippen molar-refractivity contribution < 1.29 is 12.8 Å². The van der Waals surface area contributed by atoms with Crippen LogP contribution in [0, 0.1) is 5.92 Å². The van der Waals surface area contributed by atoms with E-state index in [0.717, 1.165) is 5.75 Å². The lowest BCUT2D eigenvalue weighted by Gasteiger charge is -2.10. The molecule has 0 bridgehead atoms. The summed E-state index contributed by atoms with van der Waals surface area (Å²) >= 11 is 1.54. The third-order valence-electron chi connectivity index (χ3n) is 2.66. The van der Waals surface area contributed by atoms with E-state index < -0.39 is 10.0 Å². The van der Waals surface area contributed by atoms with Crippen molar-refractivity contribution in [2.24, 2.45) is 5.92 Å². The van der Waals surface area contributed by atoms with Gasteiger partial charge in [-0.3, -0.25) is 0 Å². The van der Waals surface area contributed by atoms with Crippen LogP contribution in [0.2, 0.25) is 0 Å². The number of thioether (sulfide) groups is 1. The second kappa shape index (κ2) is 5.75. The van der Waals surface area contributed by atoms with E-state index in [9.17, 15) is 8.42 Å². The van der Waals surface area contributed by atoms with Gasteiger partial charge in [0.2, 0.25) is 10.0 Å². The van der Waals surface area contributed by atoms with Gasteiger partial charge in [-0.15, -0.1) is 0 Å². The number of oxazole rings is 1. The Bertz CT molecular complexity index is 705. The maximum Gasteiger partial charge on any atom is 0.256 e. The van der Waals surface area contributed by atoms with Crippen LogP contribution < -0.4 is 0 Å². The molecular formula is C13H18N2O3S2. The highest BCUT2D eigenvalue weighted by molar-refractivity contribution is 7.99. The highest BCUT2D eigenvalue weighted by Crippen LogP contribution is 2.27. The van der Waals surface area contributed by atoms with Gasteiger partial charge in [0.05, 0.1) is 4.90 Å². The molecule has 0 N–H and O–H groups in total. The van der Waals surface area contributed by atoms with Gasteiger partial charge < -0.3 is 4.42 Å². The van der Waals surface area contributed by atoms with E-state index in [1.54, 1.807) is 18.2 Å². The van der Waals surface area contributed by atoms with Crippen LogP contribution in [0.25, 0.3) is 11.1 Å². The third kappa shape index (κ3) is 3.16. The average Bonchev–Trinajstić information content (AvgIpc) is 2.77. The zero-order chi connectivity index (χ0) is 14.9. The molecule has 2 aromatic rings. The molecule has 5 nitrogen and oxygen atoms in total. The summed E-state index contributed by atoms with van der Waals surface area (Å²) in [6, 6.07) is 4.74. The van der Waals surface area contributed by atoms with Gasteiger partial charge in [-0.1, -0.05) is 25.6 Å². The number of benzene rings is 1. The van der Waals surface area contributed by atoms with Gasteiger partial charge in [0.15, 0.2) is 5.58 Å². The Kier molecular flexibility index (Phi) is 4.41. The number of nitrogens with zero attached hydrogens (tertiary/aromatic N) is 2. The summed E-state index contributed by atoms with van der Waals surface area (Å²) in [5.74, 6) is 1.45. The smallest absolute Gasteiger partial charge is 0.256 e. The molecule has 0 aliphatic heterocycles. The minimum absolute atomic E-state index is 0.226. The van der Waals surface area contributed by atoms with E-state index in [2.05, 4.69) is 18.8 Å². The van der Waals surface area contributed by atoms with Crippen molar-refractivity contribution in [1.29, 1.82) is 0 Å². The monoisotopic (exact) mass is 314 g/mol. The first kappa shape index (κ1) is 15.3. The van der Waals surface area contributed by atoms with Crippen molar-refractivity contribution in [2.75, 3.05) is 19.8 Å². The zero-order valence-corrected chi connectivity index (χ0v) is 13.6. The first-order chi connectivity index (χ1) is 9.30. The van der Waals surface area contributed by atoms with E-state index >= 15 is 0 Å². The van der Waals surface area contributed by atoms with Gasteiger partial charge in [-0.2, -0.15) is 0 Å². The van der Waals surface area contributed by atoms with Gasteiger partial charge in [0.1, 0.15) is 5.52 Å². The molecule has 1 aromatic heterocycles. The normalized spacial score (nSPS) is 12.7. The van der Waals surface area contributed by atoms with Crippen molar-refractivity contribution in [2.45, 2.75) is 24.0 Å². The molecule has 0 saturated carbocycles. The second-order valence-electron chi connectivity index (χ2n) is 5.10. The lowest BCUT2D eigenvalue weighted by atomic mass is 10.3. The Morgan fingerprint density at radius 1 is 1.35 bits per heavy atom. The molecule has 0 unspecified atom stereocenters. The van der Waals surface area contributed by atoms with Crippen LogP contribution in [-0.4, -0.2) is 37.6 Å². The minimum Gasteiger partial charge on any atom is -0.431 e. The van der Waals surface area contributed by atoms with Crippen LogP contribution in [0.5, 0.6) is 0 Å². The Morgan fingerprint density at radius 2 is 2.05 bits per heavy atom. The van der Waals surface area contributed by atoms with Crippen molar-refractivity contribution in [3.63, 3.8) is 0 Å². The number of aromatic nitrogens is 1. The number of fused-ring (bicyclic) bond motifs is 1. The maximum absolute atomic E-state index is 12.1. The molecule has 0 atom stereocenters. The van der Waals surface area contributed by atoms with Gasteiger partial charge in [0, 0.05) is 19.8 Å². The second-order valence-corrected chi connectivity index (χ2v) is 8.22. The van der Waals surface area contributed by atoms with Gasteiger partial charge in [0.25, 0.3) is 5.22 Å². The Labute approximate surface area is 123 Å². The molecule has 0 aliphatic carbocycles. The summed E-state index contributed by atoms with van der Waals surface area (Å²) in [5.41, 5.74) is 1.17. The van der Waals surface area contributed by atoms with Crippen LogP contribution in [0.4, 0.5) is 0 Å². The fraction of sp³-hybridized carbons (Fsp3) is 0.462. The van der Waals surface area contributed by atoms with Gasteiger partial charge in [-0.25, -0.2) is 17.7 Å². The van der Waals surface area contributed by atoms with Gasteiger partial charge in [-0.05, 0) is 24.1 Å².